The molecule has 4 nitrogen and oxygen atoms in total. The molecule has 4 heteroatoms. The molecule has 1 unspecified atom stereocenters. The smallest absolute Gasteiger partial charge is 0.128 e. The second-order valence-electron chi connectivity index (χ2n) is 5.42. The van der Waals surface area contributed by atoms with Gasteiger partial charge in [-0.25, -0.2) is 0 Å². The summed E-state index contributed by atoms with van der Waals surface area (Å²) < 4.78 is 5.43. The van der Waals surface area contributed by atoms with Crippen molar-refractivity contribution in [2.45, 2.75) is 39.8 Å². The van der Waals surface area contributed by atoms with E-state index in [1.165, 1.54) is 0 Å². The van der Waals surface area contributed by atoms with Crippen LogP contribution in [0.2, 0.25) is 0 Å². The highest BCUT2D eigenvalue weighted by molar-refractivity contribution is 5.40. The number of hydrogen-bond acceptors (Lipinski definition) is 4. The Balaban J connectivity index is 2.58. The van der Waals surface area contributed by atoms with Crippen LogP contribution in [0, 0.1) is 13.8 Å². The lowest BCUT2D eigenvalue weighted by Crippen LogP contribution is -2.30. The maximum Gasteiger partial charge on any atom is 0.128 e. The molecule has 1 rings (SSSR count). The van der Waals surface area contributed by atoms with Crippen molar-refractivity contribution in [2.24, 2.45) is 0 Å². The van der Waals surface area contributed by atoms with Crippen LogP contribution >= 0.6 is 0 Å². The molecule has 0 bridgehead atoms. The minimum absolute atomic E-state index is 0.482. The molecule has 1 aromatic rings. The molecular weight excluding hydrogens is 238 g/mol. The predicted octanol–water partition coefficient (Wildman–Crippen LogP) is 2.14. The third-order valence-electron chi connectivity index (χ3n) is 3.38. The Morgan fingerprint density at radius 1 is 1.37 bits per heavy atom. The summed E-state index contributed by atoms with van der Waals surface area (Å²) in [6.45, 7) is 8.19. The van der Waals surface area contributed by atoms with E-state index in [4.69, 9.17) is 4.74 Å². The molecule has 0 saturated carbocycles. The van der Waals surface area contributed by atoms with Gasteiger partial charge < -0.3 is 15.0 Å². The van der Waals surface area contributed by atoms with Crippen LogP contribution in [0.3, 0.4) is 0 Å². The fraction of sp³-hybridized carbons (Fsp3) is 0.667. The highest BCUT2D eigenvalue weighted by atomic mass is 16.5. The van der Waals surface area contributed by atoms with Gasteiger partial charge in [-0.3, -0.25) is 4.98 Å². The fourth-order valence-corrected chi connectivity index (χ4v) is 2.07. The van der Waals surface area contributed by atoms with Gasteiger partial charge in [-0.1, -0.05) is 0 Å². The molecule has 0 radical (unpaired) electrons. The molecule has 0 aliphatic heterocycles. The van der Waals surface area contributed by atoms with Crippen LogP contribution in [0.15, 0.2) is 6.20 Å². The van der Waals surface area contributed by atoms with E-state index in [0.717, 1.165) is 42.1 Å². The number of ether oxygens (including phenoxy) is 1. The van der Waals surface area contributed by atoms with Crippen molar-refractivity contribution in [3.8, 4) is 5.75 Å². The zero-order valence-electron chi connectivity index (χ0n) is 13.1. The minimum atomic E-state index is 0.482. The van der Waals surface area contributed by atoms with Gasteiger partial charge in [0.15, 0.2) is 0 Å². The summed E-state index contributed by atoms with van der Waals surface area (Å²) in [5.41, 5.74) is 3.29. The number of methoxy groups -OCH3 is 1. The van der Waals surface area contributed by atoms with Gasteiger partial charge in [0.25, 0.3) is 0 Å². The van der Waals surface area contributed by atoms with Crippen LogP contribution in [0.5, 0.6) is 5.75 Å². The zero-order chi connectivity index (χ0) is 14.4. The summed E-state index contributed by atoms with van der Waals surface area (Å²) in [5, 5.41) is 3.52. The van der Waals surface area contributed by atoms with Gasteiger partial charge in [-0.15, -0.1) is 0 Å². The second-order valence-corrected chi connectivity index (χ2v) is 5.42. The van der Waals surface area contributed by atoms with E-state index in [2.05, 4.69) is 43.1 Å². The Hall–Kier alpha value is -1.13. The molecule has 0 aromatic carbocycles. The number of hydrogen-bond donors (Lipinski definition) is 1. The third-order valence-corrected chi connectivity index (χ3v) is 3.38. The van der Waals surface area contributed by atoms with E-state index in [9.17, 15) is 0 Å². The van der Waals surface area contributed by atoms with Crippen LogP contribution in [-0.2, 0) is 6.54 Å². The van der Waals surface area contributed by atoms with Crippen LogP contribution in [0.1, 0.15) is 30.2 Å². The molecule has 19 heavy (non-hydrogen) atoms. The molecule has 0 aliphatic rings. The topological polar surface area (TPSA) is 37.4 Å². The lowest BCUT2D eigenvalue weighted by Gasteiger charge is -2.18. The highest BCUT2D eigenvalue weighted by Crippen LogP contribution is 2.23. The third kappa shape index (κ3) is 4.80. The van der Waals surface area contributed by atoms with E-state index < -0.39 is 0 Å². The van der Waals surface area contributed by atoms with Gasteiger partial charge in [0.05, 0.1) is 12.8 Å². The molecule has 0 amide bonds. The summed E-state index contributed by atoms with van der Waals surface area (Å²) in [6, 6.07) is 0.482. The lowest BCUT2D eigenvalue weighted by molar-refractivity contribution is 0.364. The first-order valence-corrected chi connectivity index (χ1v) is 6.82. The van der Waals surface area contributed by atoms with Crippen molar-refractivity contribution in [1.29, 1.82) is 0 Å². The van der Waals surface area contributed by atoms with Gasteiger partial charge in [0, 0.05) is 29.9 Å². The molecule has 1 N–H and O–H groups in total. The van der Waals surface area contributed by atoms with Gasteiger partial charge in [-0.05, 0) is 47.8 Å². The molecule has 1 atom stereocenters. The number of aromatic nitrogens is 1. The van der Waals surface area contributed by atoms with Crippen molar-refractivity contribution in [3.05, 3.63) is 23.0 Å². The molecule has 0 aliphatic carbocycles. The quantitative estimate of drug-likeness (QED) is 0.819. The Morgan fingerprint density at radius 3 is 2.63 bits per heavy atom. The summed E-state index contributed by atoms with van der Waals surface area (Å²) in [6.07, 6.45) is 3.02. The molecule has 0 fully saturated rings. The lowest BCUT2D eigenvalue weighted by atomic mass is 10.1. The van der Waals surface area contributed by atoms with Gasteiger partial charge in [-0.2, -0.15) is 0 Å². The fourth-order valence-electron chi connectivity index (χ4n) is 2.07. The van der Waals surface area contributed by atoms with Crippen molar-refractivity contribution in [1.82, 2.24) is 15.2 Å². The number of pyridine rings is 1. The van der Waals surface area contributed by atoms with Crippen molar-refractivity contribution in [3.63, 3.8) is 0 Å². The summed E-state index contributed by atoms with van der Waals surface area (Å²) in [4.78, 5) is 6.71. The first kappa shape index (κ1) is 15.9. The first-order valence-electron chi connectivity index (χ1n) is 6.82. The number of aryl methyl sites for hydroxylation is 1. The van der Waals surface area contributed by atoms with Crippen LogP contribution in [-0.4, -0.2) is 43.7 Å². The molecule has 108 valence electrons. The number of nitrogens with zero attached hydrogens (tertiary/aromatic N) is 2. The standard InChI is InChI=1S/C15H27N3O/c1-11-9-17-14(13(3)15(11)19-6)10-16-12(2)7-8-18(4)5/h9,12,16H,7-8,10H2,1-6H3. The second kappa shape index (κ2) is 7.46. The molecule has 0 spiro atoms. The average molecular weight is 265 g/mol. The predicted molar refractivity (Wildman–Crippen MR) is 79.7 cm³/mol. The maximum absolute atomic E-state index is 5.43. The average Bonchev–Trinajstić information content (AvgIpc) is 2.36. The Morgan fingerprint density at radius 2 is 2.05 bits per heavy atom. The summed E-state index contributed by atoms with van der Waals surface area (Å²) >= 11 is 0. The van der Waals surface area contributed by atoms with E-state index >= 15 is 0 Å². The van der Waals surface area contributed by atoms with Gasteiger partial charge in [0.2, 0.25) is 0 Å². The normalized spacial score (nSPS) is 12.8. The molecule has 0 saturated heterocycles. The number of nitrogens with one attached hydrogen (secondary N) is 1. The Bertz CT molecular complexity index is 405. The Kier molecular flexibility index (Phi) is 6.25. The van der Waals surface area contributed by atoms with Gasteiger partial charge in [0.1, 0.15) is 5.75 Å². The molecule has 1 aromatic heterocycles. The zero-order valence-corrected chi connectivity index (χ0v) is 13.1. The Labute approximate surface area is 117 Å². The largest absolute Gasteiger partial charge is 0.496 e. The van der Waals surface area contributed by atoms with Crippen molar-refractivity contribution >= 4 is 0 Å². The van der Waals surface area contributed by atoms with Crippen molar-refractivity contribution < 1.29 is 4.74 Å². The maximum atomic E-state index is 5.43. The molecular formula is C15H27N3O. The van der Waals surface area contributed by atoms with Crippen LogP contribution in [0.25, 0.3) is 0 Å². The van der Waals surface area contributed by atoms with Crippen LogP contribution in [0.4, 0.5) is 0 Å². The van der Waals surface area contributed by atoms with Gasteiger partial charge >= 0.3 is 0 Å². The van der Waals surface area contributed by atoms with Crippen LogP contribution < -0.4 is 10.1 Å². The summed E-state index contributed by atoms with van der Waals surface area (Å²) in [7, 11) is 5.92. The first-order chi connectivity index (χ1) is 8.95. The SMILES string of the molecule is COc1c(C)cnc(CNC(C)CCN(C)C)c1C. The van der Waals surface area contributed by atoms with E-state index in [1.807, 2.05) is 13.1 Å². The minimum Gasteiger partial charge on any atom is -0.496 e. The van der Waals surface area contributed by atoms with E-state index in [-0.39, 0.29) is 0 Å². The summed E-state index contributed by atoms with van der Waals surface area (Å²) in [5.74, 6) is 0.952. The highest BCUT2D eigenvalue weighted by Gasteiger charge is 2.10. The van der Waals surface area contributed by atoms with Crippen molar-refractivity contribution in [2.75, 3.05) is 27.7 Å². The number of rotatable bonds is 7. The van der Waals surface area contributed by atoms with E-state index in [0.29, 0.717) is 6.04 Å². The van der Waals surface area contributed by atoms with E-state index in [1.54, 1.807) is 7.11 Å². The monoisotopic (exact) mass is 265 g/mol. The molecule has 1 heterocycles.